The van der Waals surface area contributed by atoms with E-state index in [2.05, 4.69) is 26.2 Å². The molecule has 1 aliphatic heterocycles. The Balaban J connectivity index is 1.28. The van der Waals surface area contributed by atoms with E-state index in [1.165, 1.54) is 11.3 Å². The lowest BCUT2D eigenvalue weighted by Gasteiger charge is -2.35. The number of halogens is 2. The van der Waals surface area contributed by atoms with Gasteiger partial charge in [0.15, 0.2) is 5.13 Å². The summed E-state index contributed by atoms with van der Waals surface area (Å²) in [5.41, 5.74) is 2.93. The van der Waals surface area contributed by atoms with Gasteiger partial charge in [0.25, 0.3) is 0 Å². The molecule has 0 saturated carbocycles. The molecule has 150 valence electrons. The zero-order valence-electron chi connectivity index (χ0n) is 15.6. The number of rotatable bonds is 5. The van der Waals surface area contributed by atoms with E-state index in [0.29, 0.717) is 16.7 Å². The van der Waals surface area contributed by atoms with Crippen molar-refractivity contribution in [2.24, 2.45) is 0 Å². The first kappa shape index (κ1) is 20.2. The number of aromatic nitrogens is 1. The maximum atomic E-state index is 12.4. The van der Waals surface area contributed by atoms with Crippen LogP contribution in [-0.2, 0) is 4.79 Å². The monoisotopic (exact) mass is 446 g/mol. The Hall–Kier alpha value is -2.12. The van der Waals surface area contributed by atoms with E-state index in [0.717, 1.165) is 48.1 Å². The van der Waals surface area contributed by atoms with Gasteiger partial charge in [0, 0.05) is 52.9 Å². The Morgan fingerprint density at radius 1 is 1.03 bits per heavy atom. The minimum absolute atomic E-state index is 0.0433. The number of amides is 1. The second kappa shape index (κ2) is 9.13. The fourth-order valence-corrected chi connectivity index (χ4v) is 4.33. The Morgan fingerprint density at radius 2 is 1.79 bits per heavy atom. The van der Waals surface area contributed by atoms with Gasteiger partial charge in [-0.3, -0.25) is 9.69 Å². The van der Waals surface area contributed by atoms with Crippen molar-refractivity contribution in [2.75, 3.05) is 42.9 Å². The van der Waals surface area contributed by atoms with E-state index in [4.69, 9.17) is 23.2 Å². The third-order valence-electron chi connectivity index (χ3n) is 4.80. The van der Waals surface area contributed by atoms with Crippen LogP contribution in [0.25, 0.3) is 11.3 Å². The second-order valence-corrected chi connectivity index (χ2v) is 8.57. The summed E-state index contributed by atoms with van der Waals surface area (Å²) in [6.45, 7) is 3.75. The minimum Gasteiger partial charge on any atom is -0.369 e. The topological polar surface area (TPSA) is 48.5 Å². The van der Waals surface area contributed by atoms with Gasteiger partial charge in [0.05, 0.1) is 12.2 Å². The Kier molecular flexibility index (Phi) is 6.35. The highest BCUT2D eigenvalue weighted by Gasteiger charge is 2.20. The first-order valence-electron chi connectivity index (χ1n) is 9.31. The zero-order chi connectivity index (χ0) is 20.2. The van der Waals surface area contributed by atoms with Crippen LogP contribution in [0.2, 0.25) is 10.0 Å². The van der Waals surface area contributed by atoms with Gasteiger partial charge in [-0.2, -0.15) is 0 Å². The number of nitrogens with one attached hydrogen (secondary N) is 1. The molecular weight excluding hydrogens is 427 g/mol. The van der Waals surface area contributed by atoms with Crippen LogP contribution in [0.1, 0.15) is 0 Å². The van der Waals surface area contributed by atoms with E-state index < -0.39 is 0 Å². The van der Waals surface area contributed by atoms with Gasteiger partial charge in [0.2, 0.25) is 5.91 Å². The van der Waals surface area contributed by atoms with Crippen LogP contribution in [0, 0.1) is 0 Å². The van der Waals surface area contributed by atoms with Crippen molar-refractivity contribution in [1.82, 2.24) is 9.88 Å². The molecule has 1 amide bonds. The number of hydrogen-bond acceptors (Lipinski definition) is 5. The molecule has 4 rings (SSSR count). The second-order valence-electron chi connectivity index (χ2n) is 6.84. The minimum atomic E-state index is -0.0433. The average Bonchev–Trinajstić information content (AvgIpc) is 3.17. The van der Waals surface area contributed by atoms with Crippen molar-refractivity contribution >= 4 is 51.3 Å². The van der Waals surface area contributed by atoms with Crippen LogP contribution in [0.4, 0.5) is 10.8 Å². The fourth-order valence-electron chi connectivity index (χ4n) is 3.28. The Labute approximate surface area is 183 Å². The molecule has 2 heterocycles. The van der Waals surface area contributed by atoms with Crippen molar-refractivity contribution in [1.29, 1.82) is 0 Å². The van der Waals surface area contributed by atoms with Gasteiger partial charge in [-0.25, -0.2) is 4.98 Å². The maximum absolute atomic E-state index is 12.4. The molecule has 0 radical (unpaired) electrons. The molecule has 0 unspecified atom stereocenters. The molecule has 2 aromatic carbocycles. The lowest BCUT2D eigenvalue weighted by molar-refractivity contribution is -0.117. The molecule has 1 aromatic heterocycles. The smallest absolute Gasteiger partial charge is 0.240 e. The van der Waals surface area contributed by atoms with E-state index >= 15 is 0 Å². The molecule has 1 saturated heterocycles. The molecule has 0 spiro atoms. The van der Waals surface area contributed by atoms with Gasteiger partial charge in [0.1, 0.15) is 0 Å². The molecule has 8 heteroatoms. The standard InChI is InChI=1S/C21H20Cl2N4OS/c22-16-6-4-15(5-7-16)19-14-29-21(24-19)25-20(28)13-26-8-10-27(11-9-26)18-3-1-2-17(23)12-18/h1-7,12,14H,8-11,13H2,(H,24,25,28). The van der Waals surface area contributed by atoms with Crippen LogP contribution < -0.4 is 10.2 Å². The molecular formula is C21H20Cl2N4OS. The summed E-state index contributed by atoms with van der Waals surface area (Å²) < 4.78 is 0. The largest absolute Gasteiger partial charge is 0.369 e. The average molecular weight is 447 g/mol. The van der Waals surface area contributed by atoms with E-state index in [1.54, 1.807) is 0 Å². The number of carbonyl (C=O) groups is 1. The van der Waals surface area contributed by atoms with Crippen LogP contribution in [-0.4, -0.2) is 48.5 Å². The molecule has 1 N–H and O–H groups in total. The van der Waals surface area contributed by atoms with Gasteiger partial charge in [-0.1, -0.05) is 41.4 Å². The maximum Gasteiger partial charge on any atom is 0.240 e. The SMILES string of the molecule is O=C(CN1CCN(c2cccc(Cl)c2)CC1)Nc1nc(-c2ccc(Cl)cc2)cs1. The van der Waals surface area contributed by atoms with Crippen LogP contribution in [0.5, 0.6) is 0 Å². The van der Waals surface area contributed by atoms with E-state index in [9.17, 15) is 4.79 Å². The van der Waals surface area contributed by atoms with Gasteiger partial charge in [-0.15, -0.1) is 11.3 Å². The van der Waals surface area contributed by atoms with Crippen LogP contribution >= 0.6 is 34.5 Å². The molecule has 0 bridgehead atoms. The van der Waals surface area contributed by atoms with Crippen molar-refractivity contribution in [2.45, 2.75) is 0 Å². The number of carbonyl (C=O) groups excluding carboxylic acids is 1. The molecule has 3 aromatic rings. The third-order valence-corrected chi connectivity index (χ3v) is 6.05. The van der Waals surface area contributed by atoms with Gasteiger partial charge < -0.3 is 10.2 Å². The summed E-state index contributed by atoms with van der Waals surface area (Å²) in [6.07, 6.45) is 0. The summed E-state index contributed by atoms with van der Waals surface area (Å²) in [7, 11) is 0. The summed E-state index contributed by atoms with van der Waals surface area (Å²) >= 11 is 13.4. The fraction of sp³-hybridized carbons (Fsp3) is 0.238. The molecule has 0 atom stereocenters. The number of piperazine rings is 1. The van der Waals surface area contributed by atoms with Gasteiger partial charge >= 0.3 is 0 Å². The quantitative estimate of drug-likeness (QED) is 0.606. The van der Waals surface area contributed by atoms with Crippen molar-refractivity contribution in [3.05, 3.63) is 64.0 Å². The first-order valence-corrected chi connectivity index (χ1v) is 10.9. The number of benzene rings is 2. The Morgan fingerprint density at radius 3 is 2.52 bits per heavy atom. The highest BCUT2D eigenvalue weighted by Crippen LogP contribution is 2.26. The predicted molar refractivity (Wildman–Crippen MR) is 121 cm³/mol. The summed E-state index contributed by atoms with van der Waals surface area (Å²) in [6, 6.07) is 15.4. The number of hydrogen-bond donors (Lipinski definition) is 1. The molecule has 0 aliphatic carbocycles. The van der Waals surface area contributed by atoms with Crippen molar-refractivity contribution in [3.8, 4) is 11.3 Å². The molecule has 5 nitrogen and oxygen atoms in total. The highest BCUT2D eigenvalue weighted by atomic mass is 35.5. The predicted octanol–water partition coefficient (Wildman–Crippen LogP) is 4.88. The number of thiazole rings is 1. The lowest BCUT2D eigenvalue weighted by Crippen LogP contribution is -2.48. The number of anilines is 2. The third kappa shape index (κ3) is 5.28. The van der Waals surface area contributed by atoms with E-state index in [-0.39, 0.29) is 5.91 Å². The summed E-state index contributed by atoms with van der Waals surface area (Å²) in [4.78, 5) is 21.4. The van der Waals surface area contributed by atoms with Gasteiger partial charge in [-0.05, 0) is 30.3 Å². The number of nitrogens with zero attached hydrogens (tertiary/aromatic N) is 3. The first-order chi connectivity index (χ1) is 14.1. The normalized spacial score (nSPS) is 14.8. The van der Waals surface area contributed by atoms with Crippen molar-refractivity contribution < 1.29 is 4.79 Å². The van der Waals surface area contributed by atoms with Crippen molar-refractivity contribution in [3.63, 3.8) is 0 Å². The zero-order valence-corrected chi connectivity index (χ0v) is 18.0. The molecule has 1 fully saturated rings. The van der Waals surface area contributed by atoms with E-state index in [1.807, 2.05) is 47.8 Å². The lowest BCUT2D eigenvalue weighted by atomic mass is 10.2. The highest BCUT2D eigenvalue weighted by molar-refractivity contribution is 7.14. The Bertz CT molecular complexity index is 984. The van der Waals surface area contributed by atoms with Crippen LogP contribution in [0.3, 0.4) is 0 Å². The molecule has 29 heavy (non-hydrogen) atoms. The summed E-state index contributed by atoms with van der Waals surface area (Å²) in [5, 5.41) is 6.88. The summed E-state index contributed by atoms with van der Waals surface area (Å²) in [5.74, 6) is -0.0433. The van der Waals surface area contributed by atoms with Crippen LogP contribution in [0.15, 0.2) is 53.9 Å². The molecule has 1 aliphatic rings.